The van der Waals surface area contributed by atoms with Gasteiger partial charge in [-0.25, -0.2) is 0 Å². The molecule has 0 aromatic heterocycles. The van der Waals surface area contributed by atoms with Crippen LogP contribution in [0.25, 0.3) is 0 Å². The van der Waals surface area contributed by atoms with Crippen LogP contribution in [-0.4, -0.2) is 32.8 Å². The first-order valence-corrected chi connectivity index (χ1v) is 8.67. The van der Waals surface area contributed by atoms with Crippen molar-refractivity contribution in [1.82, 2.24) is 5.32 Å². The van der Waals surface area contributed by atoms with Crippen LogP contribution in [0.1, 0.15) is 32.3 Å². The lowest BCUT2D eigenvalue weighted by Gasteiger charge is -2.24. The van der Waals surface area contributed by atoms with Gasteiger partial charge in [0.15, 0.2) is 0 Å². The third-order valence-corrected chi connectivity index (χ3v) is 4.44. The van der Waals surface area contributed by atoms with Gasteiger partial charge in [0.05, 0.1) is 11.8 Å². The lowest BCUT2D eigenvalue weighted by molar-refractivity contribution is 0.116. The molecule has 21 heavy (non-hydrogen) atoms. The molecule has 0 saturated carbocycles. The first-order valence-electron chi connectivity index (χ1n) is 7.88. The number of nitrogens with zero attached hydrogens (tertiary/aromatic N) is 1. The Hall–Kier alpha value is -0.580. The monoisotopic (exact) mass is 354 g/mol. The SMILES string of the molecule is CC(C)CNCc1ccc(N(C)CC2CCCO2)c(Br)c1. The summed E-state index contributed by atoms with van der Waals surface area (Å²) in [5, 5.41) is 3.48. The average molecular weight is 355 g/mol. The van der Waals surface area contributed by atoms with E-state index in [0.29, 0.717) is 12.0 Å². The van der Waals surface area contributed by atoms with Crippen LogP contribution in [0.5, 0.6) is 0 Å². The van der Waals surface area contributed by atoms with Crippen molar-refractivity contribution in [3.05, 3.63) is 28.2 Å². The normalized spacial score (nSPS) is 18.4. The quantitative estimate of drug-likeness (QED) is 0.805. The van der Waals surface area contributed by atoms with E-state index in [1.807, 2.05) is 0 Å². The molecule has 0 bridgehead atoms. The van der Waals surface area contributed by atoms with E-state index in [1.165, 1.54) is 24.1 Å². The van der Waals surface area contributed by atoms with Gasteiger partial charge in [0.25, 0.3) is 0 Å². The minimum Gasteiger partial charge on any atom is -0.376 e. The van der Waals surface area contributed by atoms with Gasteiger partial charge in [-0.2, -0.15) is 0 Å². The van der Waals surface area contributed by atoms with Crippen LogP contribution in [0, 0.1) is 5.92 Å². The molecule has 1 aromatic rings. The molecule has 1 N–H and O–H groups in total. The van der Waals surface area contributed by atoms with Crippen molar-refractivity contribution in [3.8, 4) is 0 Å². The summed E-state index contributed by atoms with van der Waals surface area (Å²) in [6.07, 6.45) is 2.76. The summed E-state index contributed by atoms with van der Waals surface area (Å²) >= 11 is 3.71. The van der Waals surface area contributed by atoms with E-state index in [0.717, 1.165) is 30.7 Å². The van der Waals surface area contributed by atoms with Crippen molar-refractivity contribution in [2.75, 3.05) is 31.6 Å². The molecule has 1 atom stereocenters. The molecule has 1 unspecified atom stereocenters. The molecular weight excluding hydrogens is 328 g/mol. The van der Waals surface area contributed by atoms with Gasteiger partial charge in [0.1, 0.15) is 0 Å². The van der Waals surface area contributed by atoms with Gasteiger partial charge in [-0.1, -0.05) is 19.9 Å². The van der Waals surface area contributed by atoms with Crippen LogP contribution < -0.4 is 10.2 Å². The van der Waals surface area contributed by atoms with Crippen molar-refractivity contribution in [2.24, 2.45) is 5.92 Å². The van der Waals surface area contributed by atoms with E-state index in [4.69, 9.17) is 4.74 Å². The second-order valence-electron chi connectivity index (χ2n) is 6.33. The van der Waals surface area contributed by atoms with Gasteiger partial charge >= 0.3 is 0 Å². The highest BCUT2D eigenvalue weighted by Gasteiger charge is 2.18. The predicted molar refractivity (Wildman–Crippen MR) is 92.9 cm³/mol. The van der Waals surface area contributed by atoms with Crippen LogP contribution in [0.2, 0.25) is 0 Å². The number of rotatable bonds is 7. The molecule has 1 aliphatic heterocycles. The largest absolute Gasteiger partial charge is 0.376 e. The predicted octanol–water partition coefficient (Wildman–Crippen LogP) is 3.81. The maximum atomic E-state index is 5.72. The van der Waals surface area contributed by atoms with Gasteiger partial charge in [-0.05, 0) is 58.9 Å². The standard InChI is InChI=1S/C17H27BrN2O/c1-13(2)10-19-11-14-6-7-17(16(18)9-14)20(3)12-15-5-4-8-21-15/h6-7,9,13,15,19H,4-5,8,10-12H2,1-3H3. The number of likely N-dealkylation sites (N-methyl/N-ethyl adjacent to an activating group) is 1. The second kappa shape index (κ2) is 8.16. The second-order valence-corrected chi connectivity index (χ2v) is 7.18. The Balaban J connectivity index is 1.91. The van der Waals surface area contributed by atoms with E-state index < -0.39 is 0 Å². The van der Waals surface area contributed by atoms with Crippen LogP contribution >= 0.6 is 15.9 Å². The summed E-state index contributed by atoms with van der Waals surface area (Å²) < 4.78 is 6.88. The highest BCUT2D eigenvalue weighted by Crippen LogP contribution is 2.27. The molecule has 1 aromatic carbocycles. The Kier molecular flexibility index (Phi) is 6.52. The van der Waals surface area contributed by atoms with Gasteiger partial charge in [0.2, 0.25) is 0 Å². The topological polar surface area (TPSA) is 24.5 Å². The third kappa shape index (κ3) is 5.28. The summed E-state index contributed by atoms with van der Waals surface area (Å²) in [4.78, 5) is 2.28. The average Bonchev–Trinajstić information content (AvgIpc) is 2.91. The van der Waals surface area contributed by atoms with Gasteiger partial charge in [-0.3, -0.25) is 0 Å². The first-order chi connectivity index (χ1) is 10.1. The number of halogens is 1. The zero-order valence-corrected chi connectivity index (χ0v) is 14.9. The summed E-state index contributed by atoms with van der Waals surface area (Å²) in [5.74, 6) is 0.685. The molecule has 1 saturated heterocycles. The highest BCUT2D eigenvalue weighted by atomic mass is 79.9. The Labute approximate surface area is 137 Å². The smallest absolute Gasteiger partial charge is 0.0750 e. The van der Waals surface area contributed by atoms with Gasteiger partial charge in [0, 0.05) is 31.2 Å². The molecule has 4 heteroatoms. The fraction of sp³-hybridized carbons (Fsp3) is 0.647. The van der Waals surface area contributed by atoms with Crippen LogP contribution in [0.3, 0.4) is 0 Å². The Bertz CT molecular complexity index is 444. The number of hydrogen-bond donors (Lipinski definition) is 1. The van der Waals surface area contributed by atoms with Crippen LogP contribution in [0.4, 0.5) is 5.69 Å². The van der Waals surface area contributed by atoms with E-state index >= 15 is 0 Å². The van der Waals surface area contributed by atoms with E-state index in [1.54, 1.807) is 0 Å². The summed E-state index contributed by atoms with van der Waals surface area (Å²) in [7, 11) is 2.14. The third-order valence-electron chi connectivity index (χ3n) is 3.81. The van der Waals surface area contributed by atoms with Crippen molar-refractivity contribution < 1.29 is 4.74 Å². The van der Waals surface area contributed by atoms with Gasteiger partial charge in [-0.15, -0.1) is 0 Å². The zero-order chi connectivity index (χ0) is 15.2. The number of ether oxygens (including phenoxy) is 1. The Morgan fingerprint density at radius 3 is 2.86 bits per heavy atom. The lowest BCUT2D eigenvalue weighted by Crippen LogP contribution is -2.28. The minimum absolute atomic E-state index is 0.384. The van der Waals surface area contributed by atoms with E-state index in [2.05, 4.69) is 65.2 Å². The Morgan fingerprint density at radius 2 is 2.24 bits per heavy atom. The molecule has 0 radical (unpaired) electrons. The molecule has 0 spiro atoms. The van der Waals surface area contributed by atoms with Crippen molar-refractivity contribution in [2.45, 2.75) is 39.3 Å². The fourth-order valence-electron chi connectivity index (χ4n) is 2.67. The summed E-state index contributed by atoms with van der Waals surface area (Å²) in [6.45, 7) is 8.31. The molecule has 2 rings (SSSR count). The van der Waals surface area contributed by atoms with Crippen molar-refractivity contribution in [3.63, 3.8) is 0 Å². The zero-order valence-electron chi connectivity index (χ0n) is 13.4. The number of nitrogens with one attached hydrogen (secondary N) is 1. The first kappa shape index (κ1) is 16.8. The Morgan fingerprint density at radius 1 is 1.43 bits per heavy atom. The fourth-order valence-corrected chi connectivity index (χ4v) is 3.40. The molecular formula is C17H27BrN2O. The number of anilines is 1. The molecule has 1 aliphatic rings. The molecule has 118 valence electrons. The summed E-state index contributed by atoms with van der Waals surface area (Å²) in [6, 6.07) is 6.62. The van der Waals surface area contributed by atoms with Gasteiger partial charge < -0.3 is 15.0 Å². The van der Waals surface area contributed by atoms with Crippen LogP contribution in [0.15, 0.2) is 22.7 Å². The van der Waals surface area contributed by atoms with E-state index in [-0.39, 0.29) is 0 Å². The maximum Gasteiger partial charge on any atom is 0.0750 e. The molecule has 3 nitrogen and oxygen atoms in total. The lowest BCUT2D eigenvalue weighted by atomic mass is 10.1. The molecule has 0 aliphatic carbocycles. The molecule has 1 heterocycles. The number of benzene rings is 1. The highest BCUT2D eigenvalue weighted by molar-refractivity contribution is 9.10. The molecule has 0 amide bonds. The summed E-state index contributed by atoms with van der Waals surface area (Å²) in [5.41, 5.74) is 2.55. The van der Waals surface area contributed by atoms with Crippen LogP contribution in [-0.2, 0) is 11.3 Å². The molecule has 1 fully saturated rings. The number of hydrogen-bond acceptors (Lipinski definition) is 3. The van der Waals surface area contributed by atoms with Crippen molar-refractivity contribution in [1.29, 1.82) is 0 Å². The van der Waals surface area contributed by atoms with Crippen molar-refractivity contribution >= 4 is 21.6 Å². The minimum atomic E-state index is 0.384. The van der Waals surface area contributed by atoms with E-state index in [9.17, 15) is 0 Å². The maximum absolute atomic E-state index is 5.72.